The van der Waals surface area contributed by atoms with Gasteiger partial charge in [0.05, 0.1) is 26.0 Å². The van der Waals surface area contributed by atoms with Crippen molar-refractivity contribution in [1.29, 1.82) is 0 Å². The third kappa shape index (κ3) is 4.88. The molecule has 2 aliphatic heterocycles. The number of morpholine rings is 1. The lowest BCUT2D eigenvalue weighted by atomic mass is 9.95. The van der Waals surface area contributed by atoms with Gasteiger partial charge in [0.2, 0.25) is 11.4 Å². The molecule has 0 amide bonds. The van der Waals surface area contributed by atoms with Gasteiger partial charge in [0.1, 0.15) is 17.6 Å². The van der Waals surface area contributed by atoms with Gasteiger partial charge in [0, 0.05) is 60.3 Å². The molecular formula is C29H28N4O4. The minimum atomic E-state index is -0.152. The second-order valence-electron chi connectivity index (χ2n) is 9.18. The number of fused-ring (bicyclic) bond motifs is 2. The van der Waals surface area contributed by atoms with Crippen LogP contribution in [-0.2, 0) is 17.7 Å². The van der Waals surface area contributed by atoms with Crippen molar-refractivity contribution in [1.82, 2.24) is 9.97 Å². The molecule has 0 radical (unpaired) electrons. The lowest BCUT2D eigenvalue weighted by molar-refractivity contribution is 0.0384. The number of H-pyrrole nitrogens is 1. The Morgan fingerprint density at radius 1 is 1.11 bits per heavy atom. The number of aromatic amines is 1. The smallest absolute Gasteiger partial charge is 0.249 e. The molecule has 1 atom stereocenters. The van der Waals surface area contributed by atoms with Crippen LogP contribution in [0.4, 0.5) is 11.4 Å². The number of aromatic nitrogens is 2. The maximum absolute atomic E-state index is 11.8. The summed E-state index contributed by atoms with van der Waals surface area (Å²) in [6.45, 7) is 2.56. The summed E-state index contributed by atoms with van der Waals surface area (Å²) in [4.78, 5) is 21.1. The van der Waals surface area contributed by atoms with Gasteiger partial charge in [-0.05, 0) is 35.9 Å². The van der Waals surface area contributed by atoms with Gasteiger partial charge in [-0.15, -0.1) is 0 Å². The maximum Gasteiger partial charge on any atom is 0.249 e. The van der Waals surface area contributed by atoms with Gasteiger partial charge >= 0.3 is 0 Å². The first kappa shape index (κ1) is 23.1. The van der Waals surface area contributed by atoms with E-state index in [4.69, 9.17) is 14.2 Å². The average molecular weight is 497 g/mol. The molecule has 8 heteroatoms. The second kappa shape index (κ2) is 9.99. The molecule has 2 aromatic carbocycles. The monoisotopic (exact) mass is 496 g/mol. The summed E-state index contributed by atoms with van der Waals surface area (Å²) >= 11 is 0. The van der Waals surface area contributed by atoms with Crippen LogP contribution in [0.2, 0.25) is 0 Å². The zero-order chi connectivity index (χ0) is 25.2. The molecule has 8 nitrogen and oxygen atoms in total. The summed E-state index contributed by atoms with van der Waals surface area (Å²) in [6, 6.07) is 21.7. The van der Waals surface area contributed by atoms with E-state index in [0.717, 1.165) is 58.2 Å². The fourth-order valence-corrected chi connectivity index (χ4v) is 4.93. The molecule has 1 saturated heterocycles. The Bertz CT molecular complexity index is 1480. The first-order chi connectivity index (χ1) is 18.2. The molecule has 37 heavy (non-hydrogen) atoms. The molecule has 0 saturated carbocycles. The lowest BCUT2D eigenvalue weighted by Gasteiger charge is -2.36. The molecule has 2 N–H and O–H groups in total. The molecule has 4 aromatic rings. The zero-order valence-corrected chi connectivity index (χ0v) is 20.6. The molecule has 188 valence electrons. The minimum absolute atomic E-state index is 0.105. The molecule has 1 fully saturated rings. The molecule has 0 spiro atoms. The summed E-state index contributed by atoms with van der Waals surface area (Å²) < 4.78 is 17.9. The summed E-state index contributed by atoms with van der Waals surface area (Å²) in [7, 11) is 1.62. The normalized spacial score (nSPS) is 16.4. The van der Waals surface area contributed by atoms with E-state index in [2.05, 4.69) is 44.5 Å². The van der Waals surface area contributed by atoms with Gasteiger partial charge in [0.15, 0.2) is 0 Å². The van der Waals surface area contributed by atoms with Crippen LogP contribution in [0.15, 0.2) is 77.7 Å². The summed E-state index contributed by atoms with van der Waals surface area (Å²) in [6.07, 6.45) is 2.31. The molecular weight excluding hydrogens is 468 g/mol. The Labute approximate surface area is 214 Å². The van der Waals surface area contributed by atoms with Crippen molar-refractivity contribution in [2.75, 3.05) is 37.0 Å². The highest BCUT2D eigenvalue weighted by molar-refractivity contribution is 5.59. The van der Waals surface area contributed by atoms with Gasteiger partial charge in [-0.1, -0.05) is 24.3 Å². The van der Waals surface area contributed by atoms with Crippen LogP contribution >= 0.6 is 0 Å². The first-order valence-corrected chi connectivity index (χ1v) is 12.4. The molecule has 4 heterocycles. The summed E-state index contributed by atoms with van der Waals surface area (Å²) in [5, 5.41) is 3.45. The SMILES string of the molecule is COc1cccc(CNc2ccc3c(c2)Cc2cccc(C4CN(c5cc[nH]c(=O)c5)CCO4)c2O3)n1. The number of rotatable bonds is 6. The fraction of sp³-hybridized carbons (Fsp3) is 0.241. The lowest BCUT2D eigenvalue weighted by Crippen LogP contribution is -2.39. The van der Waals surface area contributed by atoms with E-state index in [-0.39, 0.29) is 11.7 Å². The molecule has 6 rings (SSSR count). The van der Waals surface area contributed by atoms with E-state index >= 15 is 0 Å². The Hall–Kier alpha value is -4.30. The molecule has 0 bridgehead atoms. The predicted molar refractivity (Wildman–Crippen MR) is 142 cm³/mol. The van der Waals surface area contributed by atoms with Crippen molar-refractivity contribution in [2.24, 2.45) is 0 Å². The molecule has 2 aliphatic rings. The summed E-state index contributed by atoms with van der Waals surface area (Å²) in [5.41, 5.74) is 6.00. The van der Waals surface area contributed by atoms with Gasteiger partial charge in [0.25, 0.3) is 0 Å². The summed E-state index contributed by atoms with van der Waals surface area (Å²) in [5.74, 6) is 2.33. The van der Waals surface area contributed by atoms with E-state index in [1.54, 1.807) is 19.4 Å². The number of nitrogens with zero attached hydrogens (tertiary/aromatic N) is 2. The number of nitrogens with one attached hydrogen (secondary N) is 2. The number of hydrogen-bond acceptors (Lipinski definition) is 7. The second-order valence-corrected chi connectivity index (χ2v) is 9.18. The largest absolute Gasteiger partial charge is 0.481 e. The topological polar surface area (TPSA) is 88.7 Å². The highest BCUT2D eigenvalue weighted by Crippen LogP contribution is 2.43. The average Bonchev–Trinajstić information content (AvgIpc) is 2.94. The van der Waals surface area contributed by atoms with Crippen LogP contribution in [0, 0.1) is 0 Å². The highest BCUT2D eigenvalue weighted by atomic mass is 16.5. The van der Waals surface area contributed by atoms with Crippen LogP contribution in [0.3, 0.4) is 0 Å². The number of ether oxygens (including phenoxy) is 3. The predicted octanol–water partition coefficient (Wildman–Crippen LogP) is 4.67. The van der Waals surface area contributed by atoms with E-state index in [0.29, 0.717) is 25.6 Å². The number of anilines is 2. The number of benzene rings is 2. The van der Waals surface area contributed by atoms with E-state index in [1.165, 1.54) is 0 Å². The van der Waals surface area contributed by atoms with Crippen molar-refractivity contribution in [2.45, 2.75) is 19.1 Å². The number of para-hydroxylation sites is 1. The third-order valence-corrected chi connectivity index (χ3v) is 6.78. The van der Waals surface area contributed by atoms with Gasteiger partial charge in [-0.2, -0.15) is 0 Å². The molecule has 1 unspecified atom stereocenters. The van der Waals surface area contributed by atoms with E-state index in [9.17, 15) is 4.79 Å². The van der Waals surface area contributed by atoms with Crippen LogP contribution in [0.1, 0.15) is 28.5 Å². The van der Waals surface area contributed by atoms with Crippen LogP contribution in [-0.4, -0.2) is 36.8 Å². The van der Waals surface area contributed by atoms with Crippen LogP contribution in [0.25, 0.3) is 0 Å². The van der Waals surface area contributed by atoms with Gasteiger partial charge in [-0.3, -0.25) is 4.79 Å². The van der Waals surface area contributed by atoms with Crippen molar-refractivity contribution >= 4 is 11.4 Å². The quantitative estimate of drug-likeness (QED) is 0.353. The number of pyridine rings is 2. The third-order valence-electron chi connectivity index (χ3n) is 6.78. The molecule has 2 aromatic heterocycles. The minimum Gasteiger partial charge on any atom is -0.481 e. The zero-order valence-electron chi connectivity index (χ0n) is 20.6. The van der Waals surface area contributed by atoms with Crippen molar-refractivity contribution in [3.63, 3.8) is 0 Å². The van der Waals surface area contributed by atoms with Crippen molar-refractivity contribution in [3.8, 4) is 17.4 Å². The van der Waals surface area contributed by atoms with Crippen molar-refractivity contribution < 1.29 is 14.2 Å². The fourth-order valence-electron chi connectivity index (χ4n) is 4.93. The Balaban J connectivity index is 1.19. The van der Waals surface area contributed by atoms with Gasteiger partial charge in [-0.25, -0.2) is 4.98 Å². The van der Waals surface area contributed by atoms with Crippen LogP contribution in [0.5, 0.6) is 17.4 Å². The Morgan fingerprint density at radius 3 is 2.92 bits per heavy atom. The molecule has 0 aliphatic carbocycles. The number of hydrogen-bond donors (Lipinski definition) is 2. The van der Waals surface area contributed by atoms with Crippen LogP contribution < -0.4 is 25.2 Å². The van der Waals surface area contributed by atoms with E-state index < -0.39 is 0 Å². The maximum atomic E-state index is 11.8. The first-order valence-electron chi connectivity index (χ1n) is 12.4. The standard InChI is InChI=1S/C29H28N4O4/c1-35-28-7-3-5-22(32-28)17-31-21-8-9-25-20(15-21)14-19-4-2-6-24(29(19)37-25)26-18-33(12-13-36-26)23-10-11-30-27(34)16-23/h2-11,15-16,26,31H,12-14,17-18H2,1H3,(H,30,34). The van der Waals surface area contributed by atoms with Gasteiger partial charge < -0.3 is 29.4 Å². The van der Waals surface area contributed by atoms with E-state index in [1.807, 2.05) is 36.4 Å². The van der Waals surface area contributed by atoms with Crippen molar-refractivity contribution in [3.05, 3.63) is 106 Å². The number of methoxy groups -OCH3 is 1. The highest BCUT2D eigenvalue weighted by Gasteiger charge is 2.28. The Kier molecular flexibility index (Phi) is 6.24. The Morgan fingerprint density at radius 2 is 2.03 bits per heavy atom.